The van der Waals surface area contributed by atoms with E-state index in [9.17, 15) is 4.79 Å². The van der Waals surface area contributed by atoms with E-state index in [-0.39, 0.29) is 5.91 Å². The largest absolute Gasteiger partial charge is 0.493 e. The van der Waals surface area contributed by atoms with E-state index < -0.39 is 5.41 Å². The lowest BCUT2D eigenvalue weighted by Crippen LogP contribution is -2.45. The minimum Gasteiger partial charge on any atom is -0.493 e. The fraction of sp³-hybridized carbons (Fsp3) is 0.526. The van der Waals surface area contributed by atoms with Gasteiger partial charge in [-0.15, -0.1) is 6.58 Å². The smallest absolute Gasteiger partial charge is 0.227 e. The van der Waals surface area contributed by atoms with Crippen molar-refractivity contribution < 1.29 is 14.3 Å². The number of hydrogen-bond donors (Lipinski definition) is 2. The summed E-state index contributed by atoms with van der Waals surface area (Å²) in [6, 6.07) is 3.89. The number of carbonyl (C=O) groups is 1. The molecule has 0 saturated heterocycles. The fourth-order valence-corrected chi connectivity index (χ4v) is 2.84. The van der Waals surface area contributed by atoms with Gasteiger partial charge in [0.05, 0.1) is 19.6 Å². The van der Waals surface area contributed by atoms with E-state index in [0.717, 1.165) is 24.0 Å². The van der Waals surface area contributed by atoms with Crippen LogP contribution in [0.1, 0.15) is 37.8 Å². The Balaban J connectivity index is 3.01. The van der Waals surface area contributed by atoms with E-state index in [2.05, 4.69) is 11.9 Å². The van der Waals surface area contributed by atoms with Crippen molar-refractivity contribution in [3.8, 4) is 11.5 Å². The minimum absolute atomic E-state index is 0.00458. The van der Waals surface area contributed by atoms with Crippen LogP contribution in [0.25, 0.3) is 0 Å². The first-order valence-electron chi connectivity index (χ1n) is 8.34. The summed E-state index contributed by atoms with van der Waals surface area (Å²) in [5, 5.41) is 3.01. The van der Waals surface area contributed by atoms with Crippen LogP contribution in [-0.2, 0) is 17.8 Å². The second-order valence-electron chi connectivity index (χ2n) is 5.86. The average molecular weight is 334 g/mol. The van der Waals surface area contributed by atoms with Crippen LogP contribution in [-0.4, -0.2) is 26.7 Å². The molecule has 0 aliphatic carbocycles. The third-order valence-corrected chi connectivity index (χ3v) is 4.66. The van der Waals surface area contributed by atoms with Gasteiger partial charge in [0.15, 0.2) is 11.5 Å². The molecule has 0 aliphatic rings. The average Bonchev–Trinajstić information content (AvgIpc) is 2.61. The second-order valence-corrected chi connectivity index (χ2v) is 5.86. The van der Waals surface area contributed by atoms with Crippen LogP contribution in [0.4, 0.5) is 0 Å². The molecular weight excluding hydrogens is 304 g/mol. The molecule has 0 spiro atoms. The molecular formula is C19H30N2O3. The first-order valence-corrected chi connectivity index (χ1v) is 8.34. The van der Waals surface area contributed by atoms with E-state index in [0.29, 0.717) is 31.0 Å². The molecule has 0 saturated carbocycles. The molecule has 5 heteroatoms. The third-order valence-electron chi connectivity index (χ3n) is 4.66. The van der Waals surface area contributed by atoms with Crippen molar-refractivity contribution in [3.05, 3.63) is 35.9 Å². The van der Waals surface area contributed by atoms with Gasteiger partial charge in [-0.1, -0.05) is 19.9 Å². The number of ether oxygens (including phenoxy) is 2. The first kappa shape index (κ1) is 20.0. The van der Waals surface area contributed by atoms with Gasteiger partial charge in [0.1, 0.15) is 0 Å². The van der Waals surface area contributed by atoms with Crippen LogP contribution in [0.15, 0.2) is 24.8 Å². The molecule has 0 heterocycles. The van der Waals surface area contributed by atoms with Gasteiger partial charge in [0.25, 0.3) is 0 Å². The molecule has 0 aromatic heterocycles. The molecule has 24 heavy (non-hydrogen) atoms. The molecule has 0 fully saturated rings. The monoisotopic (exact) mass is 334 g/mol. The Morgan fingerprint density at radius 3 is 2.42 bits per heavy atom. The molecule has 0 atom stereocenters. The highest BCUT2D eigenvalue weighted by Gasteiger charge is 2.33. The van der Waals surface area contributed by atoms with Crippen molar-refractivity contribution in [3.63, 3.8) is 0 Å². The van der Waals surface area contributed by atoms with Gasteiger partial charge in [0, 0.05) is 18.7 Å². The van der Waals surface area contributed by atoms with Crippen molar-refractivity contribution in [2.24, 2.45) is 11.1 Å². The lowest BCUT2D eigenvalue weighted by Gasteiger charge is -2.28. The summed E-state index contributed by atoms with van der Waals surface area (Å²) >= 11 is 0. The van der Waals surface area contributed by atoms with Crippen LogP contribution in [0.2, 0.25) is 0 Å². The van der Waals surface area contributed by atoms with Crippen molar-refractivity contribution in [2.75, 3.05) is 20.8 Å². The number of allylic oxidation sites excluding steroid dienone is 1. The van der Waals surface area contributed by atoms with E-state index in [1.54, 1.807) is 14.2 Å². The van der Waals surface area contributed by atoms with Gasteiger partial charge in [0.2, 0.25) is 5.91 Å². The Hall–Kier alpha value is -2.01. The first-order chi connectivity index (χ1) is 11.5. The SMILES string of the molecule is C=CCc1cc(CNC(=O)C(CC)(CC)CN)cc(OC)c1OC. The third kappa shape index (κ3) is 4.29. The van der Waals surface area contributed by atoms with Crippen LogP contribution >= 0.6 is 0 Å². The van der Waals surface area contributed by atoms with Crippen LogP contribution in [0.3, 0.4) is 0 Å². The zero-order chi connectivity index (χ0) is 18.2. The summed E-state index contributed by atoms with van der Waals surface area (Å²) in [5.74, 6) is 1.35. The standard InChI is InChI=1S/C19H30N2O3/c1-6-9-15-10-14(11-16(23-4)17(15)24-5)12-21-18(22)19(7-2,8-3)13-20/h6,10-11H,1,7-9,12-13,20H2,2-5H3,(H,21,22). The highest BCUT2D eigenvalue weighted by Crippen LogP contribution is 2.33. The van der Waals surface area contributed by atoms with Gasteiger partial charge in [-0.25, -0.2) is 0 Å². The minimum atomic E-state index is -0.500. The Morgan fingerprint density at radius 2 is 1.96 bits per heavy atom. The van der Waals surface area contributed by atoms with Crippen LogP contribution in [0.5, 0.6) is 11.5 Å². The molecule has 3 N–H and O–H groups in total. The number of hydrogen-bond acceptors (Lipinski definition) is 4. The number of benzene rings is 1. The quantitative estimate of drug-likeness (QED) is 0.645. The van der Waals surface area contributed by atoms with Crippen LogP contribution in [0, 0.1) is 5.41 Å². The van der Waals surface area contributed by atoms with E-state index in [1.807, 2.05) is 32.1 Å². The molecule has 5 nitrogen and oxygen atoms in total. The van der Waals surface area contributed by atoms with Crippen molar-refractivity contribution in [2.45, 2.75) is 39.7 Å². The lowest BCUT2D eigenvalue weighted by atomic mass is 9.81. The normalized spacial score (nSPS) is 11.0. The van der Waals surface area contributed by atoms with E-state index >= 15 is 0 Å². The Kier molecular flexibility index (Phi) is 7.79. The predicted molar refractivity (Wildman–Crippen MR) is 97.4 cm³/mol. The number of amides is 1. The summed E-state index contributed by atoms with van der Waals surface area (Å²) in [7, 11) is 3.22. The highest BCUT2D eigenvalue weighted by atomic mass is 16.5. The summed E-state index contributed by atoms with van der Waals surface area (Å²) in [6.45, 7) is 8.53. The number of rotatable bonds is 10. The van der Waals surface area contributed by atoms with Gasteiger partial charge in [-0.2, -0.15) is 0 Å². The fourth-order valence-electron chi connectivity index (χ4n) is 2.84. The Bertz CT molecular complexity index is 558. The molecule has 1 rings (SSSR count). The number of nitrogens with one attached hydrogen (secondary N) is 1. The summed E-state index contributed by atoms with van der Waals surface area (Å²) in [4.78, 5) is 12.6. The topological polar surface area (TPSA) is 73.6 Å². The van der Waals surface area contributed by atoms with Crippen molar-refractivity contribution >= 4 is 5.91 Å². The Morgan fingerprint density at radius 1 is 1.29 bits per heavy atom. The van der Waals surface area contributed by atoms with Gasteiger partial charge in [-0.3, -0.25) is 4.79 Å². The maximum absolute atomic E-state index is 12.6. The zero-order valence-electron chi connectivity index (χ0n) is 15.3. The maximum atomic E-state index is 12.6. The van der Waals surface area contributed by atoms with E-state index in [1.165, 1.54) is 0 Å². The predicted octanol–water partition coefficient (Wildman–Crippen LogP) is 2.81. The molecule has 0 bridgehead atoms. The van der Waals surface area contributed by atoms with Gasteiger partial charge < -0.3 is 20.5 Å². The van der Waals surface area contributed by atoms with Crippen molar-refractivity contribution in [1.29, 1.82) is 0 Å². The lowest BCUT2D eigenvalue weighted by molar-refractivity contribution is -0.131. The second kappa shape index (κ2) is 9.33. The summed E-state index contributed by atoms with van der Waals surface area (Å²) < 4.78 is 10.8. The van der Waals surface area contributed by atoms with Gasteiger partial charge >= 0.3 is 0 Å². The molecule has 134 valence electrons. The number of carbonyl (C=O) groups excluding carboxylic acids is 1. The molecule has 1 amide bonds. The number of nitrogens with two attached hydrogens (primary N) is 1. The molecule has 1 aromatic carbocycles. The molecule has 0 unspecified atom stereocenters. The zero-order valence-corrected chi connectivity index (χ0v) is 15.3. The number of methoxy groups -OCH3 is 2. The maximum Gasteiger partial charge on any atom is 0.227 e. The Labute approximate surface area is 145 Å². The highest BCUT2D eigenvalue weighted by molar-refractivity contribution is 5.82. The molecule has 1 aromatic rings. The summed E-state index contributed by atoms with van der Waals surface area (Å²) in [6.07, 6.45) is 3.92. The van der Waals surface area contributed by atoms with Crippen molar-refractivity contribution in [1.82, 2.24) is 5.32 Å². The van der Waals surface area contributed by atoms with Gasteiger partial charge in [-0.05, 0) is 37.0 Å². The summed E-state index contributed by atoms with van der Waals surface area (Å²) in [5.41, 5.74) is 7.27. The molecule has 0 aliphatic heterocycles. The van der Waals surface area contributed by atoms with Crippen LogP contribution < -0.4 is 20.5 Å². The van der Waals surface area contributed by atoms with E-state index in [4.69, 9.17) is 15.2 Å². The molecule has 0 radical (unpaired) electrons.